The first-order valence-corrected chi connectivity index (χ1v) is 6.84. The van der Waals surface area contributed by atoms with E-state index in [1.165, 1.54) is 12.1 Å². The second-order valence-corrected chi connectivity index (χ2v) is 4.98. The normalized spacial score (nSPS) is 10.7. The van der Waals surface area contributed by atoms with E-state index in [1.54, 1.807) is 24.1 Å². The van der Waals surface area contributed by atoms with E-state index < -0.39 is 0 Å². The van der Waals surface area contributed by atoms with Gasteiger partial charge in [-0.25, -0.2) is 4.39 Å². The van der Waals surface area contributed by atoms with Gasteiger partial charge in [0.2, 0.25) is 5.91 Å². The van der Waals surface area contributed by atoms with Crippen LogP contribution >= 0.6 is 0 Å². The number of hydrogen-bond donors (Lipinski definition) is 1. The Labute approximate surface area is 119 Å². The minimum absolute atomic E-state index is 0.0841. The average Bonchev–Trinajstić information content (AvgIpc) is 2.40. The molecule has 0 aliphatic carbocycles. The number of hydrogen-bond acceptors (Lipinski definition) is 3. The Bertz CT molecular complexity index is 407. The first kappa shape index (κ1) is 16.4. The summed E-state index contributed by atoms with van der Waals surface area (Å²) in [6, 6.07) is 6.23. The summed E-state index contributed by atoms with van der Waals surface area (Å²) in [5.41, 5.74) is 0. The Morgan fingerprint density at radius 3 is 2.60 bits per heavy atom. The number of rotatable bonds is 8. The third kappa shape index (κ3) is 6.52. The summed E-state index contributed by atoms with van der Waals surface area (Å²) in [5, 5.41) is 3.20. The highest BCUT2D eigenvalue weighted by Crippen LogP contribution is 2.10. The van der Waals surface area contributed by atoms with Crippen molar-refractivity contribution in [1.82, 2.24) is 10.2 Å². The van der Waals surface area contributed by atoms with Crippen LogP contribution < -0.4 is 10.1 Å². The molecule has 4 nitrogen and oxygen atoms in total. The third-order valence-electron chi connectivity index (χ3n) is 2.83. The lowest BCUT2D eigenvalue weighted by Gasteiger charge is -2.18. The Kier molecular flexibility index (Phi) is 7.01. The molecule has 0 saturated carbocycles. The summed E-state index contributed by atoms with van der Waals surface area (Å²) in [7, 11) is 1.76. The number of amides is 1. The number of halogens is 1. The molecule has 20 heavy (non-hydrogen) atoms. The number of carbonyl (C=O) groups excluding carboxylic acids is 1. The van der Waals surface area contributed by atoms with E-state index in [4.69, 9.17) is 4.74 Å². The second kappa shape index (κ2) is 8.53. The maximum absolute atomic E-state index is 12.7. The highest BCUT2D eigenvalue weighted by Gasteiger charge is 2.08. The summed E-state index contributed by atoms with van der Waals surface area (Å²) in [5.74, 6) is 0.400. The SMILES string of the molecule is CC(C)NCCC(=O)N(C)CCOc1ccc(F)cc1. The molecule has 0 fully saturated rings. The van der Waals surface area contributed by atoms with E-state index >= 15 is 0 Å². The largest absolute Gasteiger partial charge is 0.492 e. The van der Waals surface area contributed by atoms with Gasteiger partial charge in [-0.15, -0.1) is 0 Å². The van der Waals surface area contributed by atoms with Crippen molar-refractivity contribution in [1.29, 1.82) is 0 Å². The molecular formula is C15H23FN2O2. The molecule has 1 N–H and O–H groups in total. The van der Waals surface area contributed by atoms with Crippen LogP contribution in [0.2, 0.25) is 0 Å². The molecule has 0 bridgehead atoms. The van der Waals surface area contributed by atoms with E-state index in [0.29, 0.717) is 37.9 Å². The Morgan fingerprint density at radius 1 is 1.35 bits per heavy atom. The molecule has 1 aromatic rings. The lowest BCUT2D eigenvalue weighted by atomic mass is 10.3. The zero-order valence-corrected chi connectivity index (χ0v) is 12.4. The van der Waals surface area contributed by atoms with Crippen LogP contribution in [0.15, 0.2) is 24.3 Å². The summed E-state index contributed by atoms with van der Waals surface area (Å²) in [6.07, 6.45) is 0.477. The van der Waals surface area contributed by atoms with Crippen LogP contribution in [0.1, 0.15) is 20.3 Å². The molecule has 0 aromatic heterocycles. The van der Waals surface area contributed by atoms with Gasteiger partial charge in [0.15, 0.2) is 0 Å². The van der Waals surface area contributed by atoms with Crippen LogP contribution in [0.3, 0.4) is 0 Å². The number of carbonyl (C=O) groups is 1. The molecule has 0 aliphatic heterocycles. The number of likely N-dealkylation sites (N-methyl/N-ethyl adjacent to an activating group) is 1. The summed E-state index contributed by atoms with van der Waals surface area (Å²) in [6.45, 7) is 5.68. The van der Waals surface area contributed by atoms with Crippen molar-refractivity contribution >= 4 is 5.91 Å². The van der Waals surface area contributed by atoms with Crippen molar-refractivity contribution in [3.05, 3.63) is 30.1 Å². The van der Waals surface area contributed by atoms with Crippen molar-refractivity contribution in [2.75, 3.05) is 26.7 Å². The molecule has 0 atom stereocenters. The highest BCUT2D eigenvalue weighted by molar-refractivity contribution is 5.76. The van der Waals surface area contributed by atoms with Crippen molar-refractivity contribution < 1.29 is 13.9 Å². The summed E-state index contributed by atoms with van der Waals surface area (Å²) >= 11 is 0. The first-order chi connectivity index (χ1) is 9.49. The van der Waals surface area contributed by atoms with Crippen molar-refractivity contribution in [3.8, 4) is 5.75 Å². The molecule has 0 radical (unpaired) electrons. The van der Waals surface area contributed by atoms with Gasteiger partial charge in [-0.1, -0.05) is 13.8 Å². The molecule has 5 heteroatoms. The minimum Gasteiger partial charge on any atom is -0.492 e. The number of nitrogens with one attached hydrogen (secondary N) is 1. The third-order valence-corrected chi connectivity index (χ3v) is 2.83. The van der Waals surface area contributed by atoms with Gasteiger partial charge in [0.05, 0.1) is 6.54 Å². The van der Waals surface area contributed by atoms with Crippen LogP contribution in [0.5, 0.6) is 5.75 Å². The number of ether oxygens (including phenoxy) is 1. The maximum atomic E-state index is 12.7. The number of nitrogens with zero attached hydrogens (tertiary/aromatic N) is 1. The molecule has 0 saturated heterocycles. The van der Waals surface area contributed by atoms with Gasteiger partial charge >= 0.3 is 0 Å². The standard InChI is InChI=1S/C15H23FN2O2/c1-12(2)17-9-8-15(19)18(3)10-11-20-14-6-4-13(16)5-7-14/h4-7,12,17H,8-11H2,1-3H3. The zero-order valence-electron chi connectivity index (χ0n) is 12.4. The van der Waals surface area contributed by atoms with Crippen molar-refractivity contribution in [2.45, 2.75) is 26.3 Å². The van der Waals surface area contributed by atoms with Gasteiger partial charge in [0, 0.05) is 26.1 Å². The van der Waals surface area contributed by atoms with Gasteiger partial charge in [0.1, 0.15) is 18.2 Å². The first-order valence-electron chi connectivity index (χ1n) is 6.84. The average molecular weight is 282 g/mol. The van der Waals surface area contributed by atoms with Gasteiger partial charge in [-0.05, 0) is 24.3 Å². The lowest BCUT2D eigenvalue weighted by molar-refractivity contribution is -0.130. The summed E-state index contributed by atoms with van der Waals surface area (Å²) in [4.78, 5) is 13.4. The fraction of sp³-hybridized carbons (Fsp3) is 0.533. The van der Waals surface area contributed by atoms with Gasteiger partial charge in [-0.2, -0.15) is 0 Å². The second-order valence-electron chi connectivity index (χ2n) is 4.98. The highest BCUT2D eigenvalue weighted by atomic mass is 19.1. The smallest absolute Gasteiger partial charge is 0.223 e. The van der Waals surface area contributed by atoms with E-state index in [-0.39, 0.29) is 11.7 Å². The van der Waals surface area contributed by atoms with E-state index in [0.717, 1.165) is 0 Å². The van der Waals surface area contributed by atoms with Crippen LogP contribution in [-0.4, -0.2) is 43.6 Å². The Hall–Kier alpha value is -1.62. The van der Waals surface area contributed by atoms with Crippen LogP contribution in [0.4, 0.5) is 4.39 Å². The molecule has 0 aliphatic rings. The van der Waals surface area contributed by atoms with Crippen molar-refractivity contribution in [3.63, 3.8) is 0 Å². The number of benzene rings is 1. The molecule has 0 unspecified atom stereocenters. The minimum atomic E-state index is -0.290. The fourth-order valence-corrected chi connectivity index (χ4v) is 1.61. The molecule has 0 spiro atoms. The zero-order chi connectivity index (χ0) is 15.0. The molecule has 1 amide bonds. The molecular weight excluding hydrogens is 259 g/mol. The van der Waals surface area contributed by atoms with Crippen LogP contribution in [0, 0.1) is 5.82 Å². The quantitative estimate of drug-likeness (QED) is 0.793. The fourth-order valence-electron chi connectivity index (χ4n) is 1.61. The van der Waals surface area contributed by atoms with Gasteiger partial charge in [0.25, 0.3) is 0 Å². The molecule has 0 heterocycles. The molecule has 1 aromatic carbocycles. The van der Waals surface area contributed by atoms with Gasteiger partial charge in [-0.3, -0.25) is 4.79 Å². The van der Waals surface area contributed by atoms with Gasteiger partial charge < -0.3 is 15.0 Å². The lowest BCUT2D eigenvalue weighted by Crippen LogP contribution is -2.34. The Balaban J connectivity index is 2.20. The monoisotopic (exact) mass is 282 g/mol. The van der Waals surface area contributed by atoms with Crippen LogP contribution in [-0.2, 0) is 4.79 Å². The summed E-state index contributed by atoms with van der Waals surface area (Å²) < 4.78 is 18.2. The van der Waals surface area contributed by atoms with E-state index in [2.05, 4.69) is 5.32 Å². The van der Waals surface area contributed by atoms with Crippen molar-refractivity contribution in [2.24, 2.45) is 0 Å². The predicted octanol–water partition coefficient (Wildman–Crippen LogP) is 2.05. The molecule has 112 valence electrons. The maximum Gasteiger partial charge on any atom is 0.223 e. The van der Waals surface area contributed by atoms with Crippen LogP contribution in [0.25, 0.3) is 0 Å². The predicted molar refractivity (Wildman–Crippen MR) is 77.3 cm³/mol. The molecule has 1 rings (SSSR count). The van der Waals surface area contributed by atoms with E-state index in [9.17, 15) is 9.18 Å². The topological polar surface area (TPSA) is 41.6 Å². The van der Waals surface area contributed by atoms with E-state index in [1.807, 2.05) is 13.8 Å². The Morgan fingerprint density at radius 2 is 2.00 bits per heavy atom.